The van der Waals surface area contributed by atoms with Crippen molar-refractivity contribution in [3.05, 3.63) is 0 Å². The predicted molar refractivity (Wildman–Crippen MR) is 70.4 cm³/mol. The van der Waals surface area contributed by atoms with E-state index < -0.39 is 0 Å². The molecule has 4 nitrogen and oxygen atoms in total. The molecular formula is C13H28N2O2. The summed E-state index contributed by atoms with van der Waals surface area (Å²) in [6, 6.07) is 0.366. The minimum absolute atomic E-state index is 0.106. The standard InChI is InChI=1S/C13H28N2O2/c1-5-14-12(11-16-6-2)13(3,4)15-7-9-17-10-8-15/h12,14H,5-11H2,1-4H3. The summed E-state index contributed by atoms with van der Waals surface area (Å²) in [5, 5.41) is 3.55. The zero-order valence-corrected chi connectivity index (χ0v) is 11.8. The second kappa shape index (κ2) is 7.31. The van der Waals surface area contributed by atoms with Gasteiger partial charge in [0.2, 0.25) is 0 Å². The molecule has 102 valence electrons. The molecule has 0 aliphatic carbocycles. The Morgan fingerprint density at radius 1 is 1.29 bits per heavy atom. The summed E-state index contributed by atoms with van der Waals surface area (Å²) >= 11 is 0. The van der Waals surface area contributed by atoms with Crippen LogP contribution >= 0.6 is 0 Å². The lowest BCUT2D eigenvalue weighted by molar-refractivity contribution is -0.0364. The zero-order chi connectivity index (χ0) is 12.7. The molecule has 17 heavy (non-hydrogen) atoms. The molecule has 0 saturated carbocycles. The average Bonchev–Trinajstić information content (AvgIpc) is 2.35. The molecule has 1 aliphatic heterocycles. The van der Waals surface area contributed by atoms with E-state index in [1.807, 2.05) is 6.92 Å². The molecule has 0 bridgehead atoms. The van der Waals surface area contributed by atoms with Crippen LogP contribution in [0.3, 0.4) is 0 Å². The molecule has 0 aromatic rings. The molecule has 1 N–H and O–H groups in total. The average molecular weight is 244 g/mol. The van der Waals surface area contributed by atoms with E-state index in [1.54, 1.807) is 0 Å². The van der Waals surface area contributed by atoms with E-state index in [2.05, 4.69) is 31.0 Å². The van der Waals surface area contributed by atoms with Crippen molar-refractivity contribution < 1.29 is 9.47 Å². The summed E-state index contributed by atoms with van der Waals surface area (Å²) < 4.78 is 11.0. The molecule has 0 amide bonds. The molecule has 1 aliphatic rings. The number of hydrogen-bond acceptors (Lipinski definition) is 4. The van der Waals surface area contributed by atoms with Gasteiger partial charge in [-0.25, -0.2) is 0 Å². The van der Waals surface area contributed by atoms with Crippen molar-refractivity contribution in [2.45, 2.75) is 39.3 Å². The number of nitrogens with zero attached hydrogens (tertiary/aromatic N) is 1. The van der Waals surface area contributed by atoms with Gasteiger partial charge < -0.3 is 14.8 Å². The van der Waals surface area contributed by atoms with Crippen LogP contribution in [0.4, 0.5) is 0 Å². The minimum Gasteiger partial charge on any atom is -0.380 e. The Bertz CT molecular complexity index is 204. The van der Waals surface area contributed by atoms with E-state index in [4.69, 9.17) is 9.47 Å². The molecule has 1 atom stereocenters. The van der Waals surface area contributed by atoms with Crippen molar-refractivity contribution in [2.24, 2.45) is 0 Å². The van der Waals surface area contributed by atoms with Crippen LogP contribution in [0.2, 0.25) is 0 Å². The summed E-state index contributed by atoms with van der Waals surface area (Å²) in [6.45, 7) is 15.0. The largest absolute Gasteiger partial charge is 0.380 e. The first-order valence-electron chi connectivity index (χ1n) is 6.76. The normalized spacial score (nSPS) is 20.5. The van der Waals surface area contributed by atoms with Gasteiger partial charge in [-0.3, -0.25) is 4.90 Å². The third-order valence-corrected chi connectivity index (χ3v) is 3.62. The number of rotatable bonds is 7. The van der Waals surface area contributed by atoms with E-state index in [-0.39, 0.29) is 5.54 Å². The van der Waals surface area contributed by atoms with Crippen LogP contribution < -0.4 is 5.32 Å². The third kappa shape index (κ3) is 4.21. The van der Waals surface area contributed by atoms with Crippen LogP contribution in [-0.2, 0) is 9.47 Å². The van der Waals surface area contributed by atoms with Crippen molar-refractivity contribution in [2.75, 3.05) is 46.1 Å². The Hall–Kier alpha value is -0.160. The Morgan fingerprint density at radius 2 is 1.94 bits per heavy atom. The van der Waals surface area contributed by atoms with Gasteiger partial charge in [0.25, 0.3) is 0 Å². The fourth-order valence-corrected chi connectivity index (χ4v) is 2.35. The molecule has 0 aromatic carbocycles. The maximum absolute atomic E-state index is 5.60. The summed E-state index contributed by atoms with van der Waals surface area (Å²) in [5.74, 6) is 0. The molecule has 1 saturated heterocycles. The number of ether oxygens (including phenoxy) is 2. The van der Waals surface area contributed by atoms with Crippen LogP contribution in [0.1, 0.15) is 27.7 Å². The second-order valence-electron chi connectivity index (χ2n) is 5.02. The molecule has 4 heteroatoms. The highest BCUT2D eigenvalue weighted by molar-refractivity contribution is 4.94. The molecule has 0 spiro atoms. The molecule has 1 rings (SSSR count). The first kappa shape index (κ1) is 14.9. The molecule has 1 unspecified atom stereocenters. The monoisotopic (exact) mass is 244 g/mol. The number of likely N-dealkylation sites (N-methyl/N-ethyl adjacent to an activating group) is 1. The van der Waals surface area contributed by atoms with E-state index in [0.29, 0.717) is 6.04 Å². The summed E-state index contributed by atoms with van der Waals surface area (Å²) in [4.78, 5) is 2.50. The fraction of sp³-hybridized carbons (Fsp3) is 1.00. The zero-order valence-electron chi connectivity index (χ0n) is 11.8. The van der Waals surface area contributed by atoms with Crippen molar-refractivity contribution in [3.63, 3.8) is 0 Å². The van der Waals surface area contributed by atoms with E-state index in [1.165, 1.54) is 0 Å². The Kier molecular flexibility index (Phi) is 6.41. The van der Waals surface area contributed by atoms with Crippen LogP contribution in [0, 0.1) is 0 Å². The van der Waals surface area contributed by atoms with Crippen molar-refractivity contribution in [3.8, 4) is 0 Å². The second-order valence-corrected chi connectivity index (χ2v) is 5.02. The molecule has 0 aromatic heterocycles. The minimum atomic E-state index is 0.106. The van der Waals surface area contributed by atoms with Gasteiger partial charge in [-0.05, 0) is 27.3 Å². The Labute approximate surface area is 106 Å². The molecular weight excluding hydrogens is 216 g/mol. The Morgan fingerprint density at radius 3 is 2.47 bits per heavy atom. The maximum atomic E-state index is 5.60. The van der Waals surface area contributed by atoms with Crippen LogP contribution in [-0.4, -0.2) is 62.5 Å². The van der Waals surface area contributed by atoms with E-state index >= 15 is 0 Å². The third-order valence-electron chi connectivity index (χ3n) is 3.62. The number of hydrogen-bond donors (Lipinski definition) is 1. The topological polar surface area (TPSA) is 33.7 Å². The van der Waals surface area contributed by atoms with Gasteiger partial charge in [0.05, 0.1) is 19.8 Å². The lowest BCUT2D eigenvalue weighted by atomic mass is 9.92. The van der Waals surface area contributed by atoms with Crippen molar-refractivity contribution in [1.82, 2.24) is 10.2 Å². The van der Waals surface area contributed by atoms with Gasteiger partial charge in [0, 0.05) is 31.3 Å². The van der Waals surface area contributed by atoms with Gasteiger partial charge in [-0.2, -0.15) is 0 Å². The SMILES string of the molecule is CCNC(COCC)C(C)(C)N1CCOCC1. The van der Waals surface area contributed by atoms with E-state index in [9.17, 15) is 0 Å². The highest BCUT2D eigenvalue weighted by Gasteiger charge is 2.35. The summed E-state index contributed by atoms with van der Waals surface area (Å²) in [5.41, 5.74) is 0.106. The van der Waals surface area contributed by atoms with Gasteiger partial charge in [-0.15, -0.1) is 0 Å². The Balaban J connectivity index is 2.60. The van der Waals surface area contributed by atoms with Gasteiger partial charge >= 0.3 is 0 Å². The smallest absolute Gasteiger partial charge is 0.0637 e. The van der Waals surface area contributed by atoms with Crippen LogP contribution in [0.15, 0.2) is 0 Å². The fourth-order valence-electron chi connectivity index (χ4n) is 2.35. The van der Waals surface area contributed by atoms with Crippen LogP contribution in [0.25, 0.3) is 0 Å². The van der Waals surface area contributed by atoms with Crippen molar-refractivity contribution >= 4 is 0 Å². The molecule has 1 heterocycles. The first-order valence-corrected chi connectivity index (χ1v) is 6.76. The first-order chi connectivity index (χ1) is 8.12. The highest BCUT2D eigenvalue weighted by atomic mass is 16.5. The van der Waals surface area contributed by atoms with Gasteiger partial charge in [-0.1, -0.05) is 6.92 Å². The highest BCUT2D eigenvalue weighted by Crippen LogP contribution is 2.21. The number of morpholine rings is 1. The summed E-state index contributed by atoms with van der Waals surface area (Å²) in [7, 11) is 0. The van der Waals surface area contributed by atoms with E-state index in [0.717, 1.165) is 46.1 Å². The predicted octanol–water partition coefficient (Wildman–Crippen LogP) is 1.11. The lowest BCUT2D eigenvalue weighted by Gasteiger charge is -2.45. The lowest BCUT2D eigenvalue weighted by Crippen LogP contribution is -2.61. The van der Waals surface area contributed by atoms with Gasteiger partial charge in [0.1, 0.15) is 0 Å². The number of nitrogens with one attached hydrogen (secondary N) is 1. The summed E-state index contributed by atoms with van der Waals surface area (Å²) in [6.07, 6.45) is 0. The molecule has 1 fully saturated rings. The maximum Gasteiger partial charge on any atom is 0.0637 e. The van der Waals surface area contributed by atoms with Crippen LogP contribution in [0.5, 0.6) is 0 Å². The van der Waals surface area contributed by atoms with Gasteiger partial charge in [0.15, 0.2) is 0 Å². The van der Waals surface area contributed by atoms with Crippen molar-refractivity contribution in [1.29, 1.82) is 0 Å². The quantitative estimate of drug-likeness (QED) is 0.727. The molecule has 0 radical (unpaired) electrons.